The average Bonchev–Trinajstić information content (AvgIpc) is 3.10. The van der Waals surface area contributed by atoms with Crippen LogP contribution in [0.25, 0.3) is 0 Å². The van der Waals surface area contributed by atoms with Crippen LogP contribution in [0.5, 0.6) is 0 Å². The Labute approximate surface area is 145 Å². The van der Waals surface area contributed by atoms with Crippen molar-refractivity contribution in [2.24, 2.45) is 12.5 Å². The van der Waals surface area contributed by atoms with Gasteiger partial charge in [-0.1, -0.05) is 0 Å². The molecule has 3 aliphatic rings. The number of aromatic nitrogens is 2. The molecule has 0 atom stereocenters. The molecule has 0 amide bonds. The highest BCUT2D eigenvalue weighted by Gasteiger charge is 2.39. The van der Waals surface area contributed by atoms with Gasteiger partial charge in [-0.25, -0.2) is 0 Å². The first-order valence-electron chi connectivity index (χ1n) is 9.45. The number of anilines is 1. The fraction of sp³-hybridized carbons (Fsp3) is 0.833. The molecule has 3 fully saturated rings. The summed E-state index contributed by atoms with van der Waals surface area (Å²) >= 11 is 0. The predicted octanol–water partition coefficient (Wildman–Crippen LogP) is 1.14. The van der Waals surface area contributed by atoms with Crippen LogP contribution in [0.15, 0.2) is 0 Å². The molecule has 134 valence electrons. The van der Waals surface area contributed by atoms with Crippen LogP contribution >= 0.6 is 0 Å². The summed E-state index contributed by atoms with van der Waals surface area (Å²) in [6.45, 7) is 11.7. The van der Waals surface area contributed by atoms with E-state index in [9.17, 15) is 0 Å². The molecule has 1 N–H and O–H groups in total. The van der Waals surface area contributed by atoms with Crippen LogP contribution in [0.2, 0.25) is 0 Å². The Hall–Kier alpha value is -1.11. The molecule has 0 unspecified atom stereocenters. The predicted molar refractivity (Wildman–Crippen MR) is 95.4 cm³/mol. The molecule has 0 aliphatic carbocycles. The van der Waals surface area contributed by atoms with E-state index < -0.39 is 0 Å². The minimum atomic E-state index is 0.570. The lowest BCUT2D eigenvalue weighted by atomic mass is 9.78. The number of nitrogens with zero attached hydrogens (tertiary/aromatic N) is 4. The first-order valence-corrected chi connectivity index (χ1v) is 9.45. The van der Waals surface area contributed by atoms with E-state index in [1.807, 2.05) is 0 Å². The number of hydrogen-bond donors (Lipinski definition) is 1. The molecule has 1 aromatic rings. The van der Waals surface area contributed by atoms with Gasteiger partial charge in [0.25, 0.3) is 0 Å². The summed E-state index contributed by atoms with van der Waals surface area (Å²) in [4.78, 5) is 5.12. The third kappa shape index (κ3) is 3.07. The monoisotopic (exact) mass is 333 g/mol. The van der Waals surface area contributed by atoms with Gasteiger partial charge in [0.15, 0.2) is 0 Å². The summed E-state index contributed by atoms with van der Waals surface area (Å²) in [5.41, 5.74) is 3.18. The highest BCUT2D eigenvalue weighted by Crippen LogP contribution is 2.39. The fourth-order valence-corrected chi connectivity index (χ4v) is 4.80. The molecule has 4 heterocycles. The van der Waals surface area contributed by atoms with Crippen LogP contribution in [0.3, 0.4) is 0 Å². The largest absolute Gasteiger partial charge is 0.378 e. The summed E-state index contributed by atoms with van der Waals surface area (Å²) in [5, 5.41) is 8.24. The summed E-state index contributed by atoms with van der Waals surface area (Å²) in [6, 6.07) is 0. The summed E-state index contributed by atoms with van der Waals surface area (Å²) in [7, 11) is 2.08. The molecular formula is C18H31N5O. The molecular weight excluding hydrogens is 302 g/mol. The Balaban J connectivity index is 1.50. The van der Waals surface area contributed by atoms with E-state index in [0.717, 1.165) is 32.8 Å². The van der Waals surface area contributed by atoms with Gasteiger partial charge >= 0.3 is 0 Å². The normalized spacial score (nSPS) is 24.8. The number of hydrogen-bond acceptors (Lipinski definition) is 5. The summed E-state index contributed by atoms with van der Waals surface area (Å²) < 4.78 is 7.60. The van der Waals surface area contributed by atoms with Gasteiger partial charge in [0.05, 0.1) is 18.9 Å². The van der Waals surface area contributed by atoms with Crippen LogP contribution in [-0.2, 0) is 18.3 Å². The number of ether oxygens (including phenoxy) is 1. The van der Waals surface area contributed by atoms with E-state index in [2.05, 4.69) is 33.8 Å². The molecule has 1 spiro atoms. The minimum Gasteiger partial charge on any atom is -0.378 e. The van der Waals surface area contributed by atoms with Crippen molar-refractivity contribution in [2.75, 3.05) is 57.4 Å². The molecule has 4 rings (SSSR count). The van der Waals surface area contributed by atoms with Crippen molar-refractivity contribution in [3.8, 4) is 0 Å². The Bertz CT molecular complexity index is 572. The number of rotatable bonds is 3. The maximum absolute atomic E-state index is 5.53. The molecule has 0 aromatic carbocycles. The van der Waals surface area contributed by atoms with Crippen LogP contribution in [-0.4, -0.2) is 67.2 Å². The van der Waals surface area contributed by atoms with E-state index >= 15 is 0 Å². The second kappa shape index (κ2) is 6.65. The van der Waals surface area contributed by atoms with Gasteiger partial charge in [-0.2, -0.15) is 5.10 Å². The quantitative estimate of drug-likeness (QED) is 0.899. The lowest BCUT2D eigenvalue weighted by Crippen LogP contribution is -2.39. The van der Waals surface area contributed by atoms with E-state index in [1.54, 1.807) is 0 Å². The zero-order chi connectivity index (χ0) is 16.6. The Morgan fingerprint density at radius 1 is 1.12 bits per heavy atom. The lowest BCUT2D eigenvalue weighted by Gasteiger charge is -2.34. The lowest BCUT2D eigenvalue weighted by molar-refractivity contribution is 0.122. The van der Waals surface area contributed by atoms with E-state index in [4.69, 9.17) is 9.84 Å². The molecule has 24 heavy (non-hydrogen) atoms. The zero-order valence-corrected chi connectivity index (χ0v) is 15.2. The molecule has 0 bridgehead atoms. The highest BCUT2D eigenvalue weighted by molar-refractivity contribution is 5.50. The Morgan fingerprint density at radius 2 is 1.88 bits per heavy atom. The van der Waals surface area contributed by atoms with Gasteiger partial charge in [0, 0.05) is 38.8 Å². The summed E-state index contributed by atoms with van der Waals surface area (Å²) in [5.74, 6) is 1.31. The van der Waals surface area contributed by atoms with E-state index in [0.29, 0.717) is 5.41 Å². The zero-order valence-electron chi connectivity index (χ0n) is 15.2. The molecule has 3 saturated heterocycles. The van der Waals surface area contributed by atoms with Crippen LogP contribution in [0, 0.1) is 12.3 Å². The standard InChI is InChI=1S/C18H31N5O/c1-15-16(17(21(2)20-15)23-9-11-24-12-10-23)13-22-8-5-18(14-22)3-6-19-7-4-18/h19H,3-14H2,1-2H3. The second-order valence-electron chi connectivity index (χ2n) is 7.82. The Morgan fingerprint density at radius 3 is 2.62 bits per heavy atom. The van der Waals surface area contributed by atoms with Crippen LogP contribution in [0.4, 0.5) is 5.82 Å². The van der Waals surface area contributed by atoms with E-state index in [-0.39, 0.29) is 0 Å². The van der Waals surface area contributed by atoms with Crippen LogP contribution in [0.1, 0.15) is 30.5 Å². The molecule has 6 heteroatoms. The van der Waals surface area contributed by atoms with Gasteiger partial charge < -0.3 is 15.0 Å². The van der Waals surface area contributed by atoms with Crippen molar-refractivity contribution < 1.29 is 4.74 Å². The van der Waals surface area contributed by atoms with Crippen molar-refractivity contribution in [1.82, 2.24) is 20.0 Å². The van der Waals surface area contributed by atoms with Crippen LogP contribution < -0.4 is 10.2 Å². The van der Waals surface area contributed by atoms with Crippen molar-refractivity contribution in [3.63, 3.8) is 0 Å². The first-order chi connectivity index (χ1) is 11.7. The maximum Gasteiger partial charge on any atom is 0.131 e. The van der Waals surface area contributed by atoms with Gasteiger partial charge in [0.2, 0.25) is 0 Å². The molecule has 1 aromatic heterocycles. The highest BCUT2D eigenvalue weighted by atomic mass is 16.5. The number of aryl methyl sites for hydroxylation is 2. The third-order valence-corrected chi connectivity index (χ3v) is 6.19. The number of piperidine rings is 1. The Kier molecular flexibility index (Phi) is 4.54. The number of likely N-dealkylation sites (tertiary alicyclic amines) is 1. The molecule has 6 nitrogen and oxygen atoms in total. The average molecular weight is 333 g/mol. The van der Waals surface area contributed by atoms with E-state index in [1.165, 1.54) is 62.5 Å². The number of morpholine rings is 1. The van der Waals surface area contributed by atoms with Gasteiger partial charge in [-0.15, -0.1) is 0 Å². The van der Waals surface area contributed by atoms with Crippen molar-refractivity contribution >= 4 is 5.82 Å². The molecule has 3 aliphatic heterocycles. The van der Waals surface area contributed by atoms with Gasteiger partial charge in [0.1, 0.15) is 5.82 Å². The minimum absolute atomic E-state index is 0.570. The molecule has 0 radical (unpaired) electrons. The van der Waals surface area contributed by atoms with Crippen molar-refractivity contribution in [3.05, 3.63) is 11.3 Å². The first kappa shape index (κ1) is 16.4. The third-order valence-electron chi connectivity index (χ3n) is 6.19. The fourth-order valence-electron chi connectivity index (χ4n) is 4.80. The van der Waals surface area contributed by atoms with Crippen molar-refractivity contribution in [2.45, 2.75) is 32.7 Å². The van der Waals surface area contributed by atoms with Gasteiger partial charge in [-0.05, 0) is 51.2 Å². The maximum atomic E-state index is 5.53. The SMILES string of the molecule is Cc1nn(C)c(N2CCOCC2)c1CN1CCC2(CCNCC2)C1. The topological polar surface area (TPSA) is 45.6 Å². The number of nitrogens with one attached hydrogen (secondary N) is 1. The van der Waals surface area contributed by atoms with Crippen molar-refractivity contribution in [1.29, 1.82) is 0 Å². The van der Waals surface area contributed by atoms with Gasteiger partial charge in [-0.3, -0.25) is 9.58 Å². The molecule has 0 saturated carbocycles. The summed E-state index contributed by atoms with van der Waals surface area (Å²) in [6.07, 6.45) is 4.04. The smallest absolute Gasteiger partial charge is 0.131 e. The second-order valence-corrected chi connectivity index (χ2v) is 7.82.